The van der Waals surface area contributed by atoms with Gasteiger partial charge in [-0.25, -0.2) is 14.3 Å². The van der Waals surface area contributed by atoms with E-state index in [9.17, 15) is 18.4 Å². The fourth-order valence-corrected chi connectivity index (χ4v) is 3.81. The number of nitrogens with one attached hydrogen (secondary N) is 1. The molecule has 216 valence electrons. The van der Waals surface area contributed by atoms with Gasteiger partial charge in [0.15, 0.2) is 24.1 Å². The molecule has 1 N–H and O–H groups in total. The fourth-order valence-electron chi connectivity index (χ4n) is 3.00. The van der Waals surface area contributed by atoms with E-state index in [4.69, 9.17) is 34.8 Å². The monoisotopic (exact) mass is 615 g/mol. The van der Waals surface area contributed by atoms with Crippen molar-refractivity contribution in [2.75, 3.05) is 12.4 Å². The van der Waals surface area contributed by atoms with Gasteiger partial charge in [-0.2, -0.15) is 13.9 Å². The van der Waals surface area contributed by atoms with E-state index in [1.165, 1.54) is 21.6 Å². The van der Waals surface area contributed by atoms with E-state index in [0.29, 0.717) is 50.4 Å². The van der Waals surface area contributed by atoms with Crippen LogP contribution in [0.4, 0.5) is 14.5 Å². The fraction of sp³-hybridized carbons (Fsp3) is 0.308. The van der Waals surface area contributed by atoms with Crippen LogP contribution >= 0.6 is 34.8 Å². The number of aldehydes is 2. The van der Waals surface area contributed by atoms with E-state index < -0.39 is 11.6 Å². The first-order valence-electron chi connectivity index (χ1n) is 12.1. The van der Waals surface area contributed by atoms with Crippen LogP contribution in [-0.4, -0.2) is 49.4 Å². The van der Waals surface area contributed by atoms with Crippen LogP contribution in [0, 0.1) is 0 Å². The second-order valence-electron chi connectivity index (χ2n) is 7.31. The number of pyridine rings is 1. The molecule has 0 aliphatic rings. The lowest BCUT2D eigenvalue weighted by atomic mass is 10.2. The van der Waals surface area contributed by atoms with Gasteiger partial charge in [-0.1, -0.05) is 67.7 Å². The maximum Gasteiger partial charge on any atom is 0.290 e. The molecule has 0 amide bonds. The Balaban J connectivity index is 0.000000421. The van der Waals surface area contributed by atoms with Gasteiger partial charge in [0.1, 0.15) is 5.69 Å². The molecule has 0 spiro atoms. The van der Waals surface area contributed by atoms with Crippen molar-refractivity contribution in [2.24, 2.45) is 0 Å². The Labute approximate surface area is 246 Å². The molecule has 0 aliphatic heterocycles. The van der Waals surface area contributed by atoms with Crippen molar-refractivity contribution in [3.63, 3.8) is 0 Å². The minimum absolute atomic E-state index is 0.0708. The van der Waals surface area contributed by atoms with Gasteiger partial charge in [0.05, 0.1) is 34.2 Å². The van der Waals surface area contributed by atoms with Crippen LogP contribution in [-0.2, 0) is 12.5 Å². The quantitative estimate of drug-likeness (QED) is 0.216. The lowest BCUT2D eigenvalue weighted by Gasteiger charge is -2.06. The summed E-state index contributed by atoms with van der Waals surface area (Å²) in [4.78, 5) is 25.9. The summed E-state index contributed by atoms with van der Waals surface area (Å²) in [5.41, 5.74) is 1.29. The Hall–Kier alpha value is -3.41. The Morgan fingerprint density at radius 1 is 1.02 bits per heavy atom. The first-order valence-corrected chi connectivity index (χ1v) is 13.3. The van der Waals surface area contributed by atoms with Crippen molar-refractivity contribution in [2.45, 2.75) is 47.1 Å². The van der Waals surface area contributed by atoms with Crippen molar-refractivity contribution < 1.29 is 18.4 Å². The molecule has 4 aromatic rings. The van der Waals surface area contributed by atoms with Crippen LogP contribution in [0.2, 0.25) is 15.1 Å². The van der Waals surface area contributed by atoms with Crippen LogP contribution < -0.4 is 5.32 Å². The van der Waals surface area contributed by atoms with E-state index in [1.54, 1.807) is 31.3 Å². The molecule has 0 atom stereocenters. The number of alkyl halides is 2. The van der Waals surface area contributed by atoms with Gasteiger partial charge in [0.2, 0.25) is 0 Å². The molecule has 3 heterocycles. The Bertz CT molecular complexity index is 1390. The lowest BCUT2D eigenvalue weighted by molar-refractivity contribution is 0.0126. The van der Waals surface area contributed by atoms with E-state index in [1.807, 2.05) is 27.7 Å². The first-order chi connectivity index (χ1) is 19.1. The molecule has 0 radical (unpaired) electrons. The average Bonchev–Trinajstić information content (AvgIpc) is 3.58. The summed E-state index contributed by atoms with van der Waals surface area (Å²) in [5, 5.41) is 15.4. The predicted molar refractivity (Wildman–Crippen MR) is 155 cm³/mol. The molecule has 3 aromatic heterocycles. The van der Waals surface area contributed by atoms with Crippen molar-refractivity contribution in [1.29, 1.82) is 0 Å². The van der Waals surface area contributed by atoms with Crippen LogP contribution in [0.5, 0.6) is 0 Å². The zero-order valence-electron chi connectivity index (χ0n) is 22.8. The largest absolute Gasteiger partial charge is 0.386 e. The van der Waals surface area contributed by atoms with E-state index in [0.717, 1.165) is 13.1 Å². The zero-order valence-corrected chi connectivity index (χ0v) is 25.1. The second-order valence-corrected chi connectivity index (χ2v) is 8.56. The molecule has 1 aromatic carbocycles. The summed E-state index contributed by atoms with van der Waals surface area (Å²) >= 11 is 17.6. The number of carbonyl (C=O) groups is 2. The van der Waals surface area contributed by atoms with Gasteiger partial charge in [-0.15, -0.1) is 5.10 Å². The molecule has 0 fully saturated rings. The van der Waals surface area contributed by atoms with Gasteiger partial charge >= 0.3 is 0 Å². The van der Waals surface area contributed by atoms with Crippen LogP contribution in [0.1, 0.15) is 66.9 Å². The number of carbonyl (C=O) groups excluding carboxylic acids is 2. The number of hydrogen-bond acceptors (Lipinski definition) is 7. The Morgan fingerprint density at radius 2 is 1.70 bits per heavy atom. The smallest absolute Gasteiger partial charge is 0.290 e. The van der Waals surface area contributed by atoms with Gasteiger partial charge < -0.3 is 5.32 Å². The molecule has 14 heteroatoms. The zero-order chi connectivity index (χ0) is 30.5. The minimum Gasteiger partial charge on any atom is -0.386 e. The van der Waals surface area contributed by atoms with Crippen LogP contribution in [0.25, 0.3) is 5.82 Å². The van der Waals surface area contributed by atoms with Crippen molar-refractivity contribution >= 4 is 53.1 Å². The molecular weight excluding hydrogens is 587 g/mol. The standard InChI is InChI=1S/C14H11ClF2N6O.C8H7Cl2NO.2C2H6/c1-14(16,17)12-7-22(21-19-12)6-9-5-10(8-24)23(20-9)13-11(15)3-2-4-18-13;1-11-8-5(4-12)2-6(9)3-7(8)10;2*1-2/h2-5,7-8H,6H2,1H3;2-4,11H,1H3;2*1-2H3. The highest BCUT2D eigenvalue weighted by Crippen LogP contribution is 2.28. The Kier molecular flexibility index (Phi) is 14.4. The van der Waals surface area contributed by atoms with Gasteiger partial charge in [0.25, 0.3) is 5.92 Å². The third-order valence-electron chi connectivity index (χ3n) is 4.62. The van der Waals surface area contributed by atoms with E-state index >= 15 is 0 Å². The highest BCUT2D eigenvalue weighted by molar-refractivity contribution is 6.37. The molecule has 0 aliphatic carbocycles. The van der Waals surface area contributed by atoms with E-state index in [-0.39, 0.29) is 12.2 Å². The first kappa shape index (κ1) is 34.6. The van der Waals surface area contributed by atoms with Gasteiger partial charge in [-0.3, -0.25) is 9.59 Å². The number of aromatic nitrogens is 6. The maximum absolute atomic E-state index is 13.2. The molecule has 0 bridgehead atoms. The summed E-state index contributed by atoms with van der Waals surface area (Å²) in [7, 11) is 1.70. The number of hydrogen-bond donors (Lipinski definition) is 1. The second kappa shape index (κ2) is 16.6. The molecule has 0 saturated heterocycles. The normalized spacial score (nSPS) is 10.2. The van der Waals surface area contributed by atoms with E-state index in [2.05, 4.69) is 25.7 Å². The molecular formula is C26H30Cl3F2N7O2. The summed E-state index contributed by atoms with van der Waals surface area (Å²) in [6.07, 6.45) is 3.97. The summed E-state index contributed by atoms with van der Waals surface area (Å²) < 4.78 is 28.9. The Morgan fingerprint density at radius 3 is 2.23 bits per heavy atom. The van der Waals surface area contributed by atoms with Crippen molar-refractivity contribution in [1.82, 2.24) is 29.8 Å². The number of benzene rings is 1. The lowest BCUT2D eigenvalue weighted by Crippen LogP contribution is -2.07. The van der Waals surface area contributed by atoms with Gasteiger partial charge in [0, 0.05) is 30.8 Å². The summed E-state index contributed by atoms with van der Waals surface area (Å²) in [6, 6.07) is 7.92. The third kappa shape index (κ3) is 9.35. The molecule has 9 nitrogen and oxygen atoms in total. The topological polar surface area (TPSA) is 108 Å². The van der Waals surface area contributed by atoms with Gasteiger partial charge in [-0.05, 0) is 30.3 Å². The summed E-state index contributed by atoms with van der Waals surface area (Å²) in [6.45, 7) is 8.81. The minimum atomic E-state index is -3.08. The molecule has 4 rings (SSSR count). The molecule has 0 unspecified atom stereocenters. The summed E-state index contributed by atoms with van der Waals surface area (Å²) in [5.74, 6) is -2.78. The predicted octanol–water partition coefficient (Wildman–Crippen LogP) is 7.38. The number of rotatable bonds is 7. The maximum atomic E-state index is 13.2. The average molecular weight is 617 g/mol. The number of nitrogens with zero attached hydrogens (tertiary/aromatic N) is 6. The number of halogens is 5. The molecule has 0 saturated carbocycles. The van der Waals surface area contributed by atoms with Crippen LogP contribution in [0.3, 0.4) is 0 Å². The van der Waals surface area contributed by atoms with Crippen molar-refractivity contribution in [3.05, 3.63) is 80.4 Å². The number of anilines is 1. The molecule has 40 heavy (non-hydrogen) atoms. The van der Waals surface area contributed by atoms with Crippen molar-refractivity contribution in [3.8, 4) is 5.82 Å². The third-order valence-corrected chi connectivity index (χ3v) is 5.43. The highest BCUT2D eigenvalue weighted by Gasteiger charge is 2.28. The highest BCUT2D eigenvalue weighted by atomic mass is 35.5. The van der Waals surface area contributed by atoms with Crippen LogP contribution in [0.15, 0.2) is 42.7 Å². The SMILES string of the molecule is CC.CC.CC(F)(F)c1cn(Cc2cc(C=O)n(-c3ncccc3Cl)n2)nn1.CNc1c(Cl)cc(Cl)cc1C=O.